The fourth-order valence-electron chi connectivity index (χ4n) is 1.91. The Morgan fingerprint density at radius 3 is 2.67 bits per heavy atom. The van der Waals surface area contributed by atoms with E-state index in [2.05, 4.69) is 20.7 Å². The van der Waals surface area contributed by atoms with E-state index in [1.165, 1.54) is 17.6 Å². The molecule has 130 valence electrons. The van der Waals surface area contributed by atoms with Gasteiger partial charge in [-0.15, -0.1) is 0 Å². The first kappa shape index (κ1) is 17.7. The summed E-state index contributed by atoms with van der Waals surface area (Å²) in [5.41, 5.74) is 1.74. The summed E-state index contributed by atoms with van der Waals surface area (Å²) in [5.74, 6) is -0.857. The molecule has 0 fully saturated rings. The predicted molar refractivity (Wildman–Crippen MR) is 77.6 cm³/mol. The van der Waals surface area contributed by atoms with Crippen molar-refractivity contribution in [1.82, 2.24) is 25.2 Å². The zero-order valence-electron chi connectivity index (χ0n) is 12.9. The second-order valence-electron chi connectivity index (χ2n) is 5.20. The molecule has 0 aliphatic heterocycles. The van der Waals surface area contributed by atoms with Crippen LogP contribution in [0.1, 0.15) is 31.0 Å². The number of nitrogens with zero attached hydrogens (tertiary/aromatic N) is 3. The van der Waals surface area contributed by atoms with Gasteiger partial charge in [-0.05, 0) is 11.6 Å². The number of nitrogens with one attached hydrogen (secondary N) is 2. The Labute approximate surface area is 135 Å². The summed E-state index contributed by atoms with van der Waals surface area (Å²) in [6.45, 7) is 1.73. The topological polar surface area (TPSA) is 88.4 Å². The number of carbonyl (C=O) groups excluding carboxylic acids is 2. The summed E-state index contributed by atoms with van der Waals surface area (Å²) in [6, 6.07) is 1.66. The van der Waals surface area contributed by atoms with Gasteiger partial charge in [0.2, 0.25) is 11.8 Å². The van der Waals surface area contributed by atoms with Crippen LogP contribution in [0.2, 0.25) is 0 Å². The molecule has 2 N–H and O–H groups in total. The predicted octanol–water partition coefficient (Wildman–Crippen LogP) is 1.32. The number of rotatable bonds is 6. The summed E-state index contributed by atoms with van der Waals surface area (Å²) in [6.07, 6.45) is -2.97. The van der Waals surface area contributed by atoms with Gasteiger partial charge in [-0.2, -0.15) is 18.3 Å². The van der Waals surface area contributed by atoms with E-state index in [0.29, 0.717) is 16.9 Å². The normalized spacial score (nSPS) is 11.5. The smallest absolute Gasteiger partial charge is 0.352 e. The Balaban J connectivity index is 1.93. The fraction of sp³-hybridized carbons (Fsp3) is 0.429. The van der Waals surface area contributed by atoms with Crippen LogP contribution in [0.3, 0.4) is 0 Å². The lowest BCUT2D eigenvalue weighted by Crippen LogP contribution is -2.24. The number of halogens is 3. The van der Waals surface area contributed by atoms with Gasteiger partial charge in [0.25, 0.3) is 0 Å². The molecule has 0 spiro atoms. The van der Waals surface area contributed by atoms with Crippen LogP contribution in [0, 0.1) is 0 Å². The number of amides is 2. The number of aromatic nitrogens is 3. The Kier molecular flexibility index (Phi) is 5.37. The molecule has 0 aliphatic rings. The van der Waals surface area contributed by atoms with E-state index in [1.54, 1.807) is 12.3 Å². The third kappa shape index (κ3) is 5.52. The minimum absolute atomic E-state index is 0.0636. The van der Waals surface area contributed by atoms with Crippen molar-refractivity contribution < 1.29 is 22.8 Å². The molecule has 10 heteroatoms. The summed E-state index contributed by atoms with van der Waals surface area (Å²) < 4.78 is 37.6. The quantitative estimate of drug-likeness (QED) is 0.828. The lowest BCUT2D eigenvalue weighted by atomic mass is 10.2. The maximum atomic E-state index is 12.0. The van der Waals surface area contributed by atoms with Crippen LogP contribution >= 0.6 is 0 Å². The Morgan fingerprint density at radius 2 is 2.00 bits per heavy atom. The van der Waals surface area contributed by atoms with Crippen LogP contribution in [-0.4, -0.2) is 32.6 Å². The van der Waals surface area contributed by atoms with Gasteiger partial charge in [0.1, 0.15) is 0 Å². The highest BCUT2D eigenvalue weighted by atomic mass is 19.4. The van der Waals surface area contributed by atoms with Gasteiger partial charge < -0.3 is 10.6 Å². The number of hydrogen-bond acceptors (Lipinski definition) is 4. The van der Waals surface area contributed by atoms with Crippen LogP contribution < -0.4 is 10.6 Å². The van der Waals surface area contributed by atoms with Gasteiger partial charge in [0.15, 0.2) is 5.65 Å². The molecule has 0 aromatic carbocycles. The van der Waals surface area contributed by atoms with Crippen molar-refractivity contribution in [2.45, 2.75) is 39.0 Å². The molecule has 0 unspecified atom stereocenters. The molecule has 2 aromatic rings. The molecule has 24 heavy (non-hydrogen) atoms. The molecule has 0 bridgehead atoms. The maximum Gasteiger partial charge on any atom is 0.389 e. The molecule has 2 rings (SSSR count). The third-order valence-electron chi connectivity index (χ3n) is 3.07. The molecule has 0 saturated heterocycles. The van der Waals surface area contributed by atoms with E-state index in [4.69, 9.17) is 0 Å². The third-order valence-corrected chi connectivity index (χ3v) is 3.07. The summed E-state index contributed by atoms with van der Waals surface area (Å²) in [5, 5.41) is 9.12. The fourth-order valence-corrected chi connectivity index (χ4v) is 1.91. The van der Waals surface area contributed by atoms with E-state index in [1.807, 2.05) is 0 Å². The molecule has 7 nitrogen and oxygen atoms in total. The minimum Gasteiger partial charge on any atom is -0.352 e. The largest absolute Gasteiger partial charge is 0.389 e. The number of hydrogen-bond donors (Lipinski definition) is 2. The maximum absolute atomic E-state index is 12.0. The first-order valence-corrected chi connectivity index (χ1v) is 7.14. The van der Waals surface area contributed by atoms with Gasteiger partial charge in [0, 0.05) is 19.9 Å². The molecule has 2 amide bonds. The van der Waals surface area contributed by atoms with E-state index in [-0.39, 0.29) is 19.0 Å². The van der Waals surface area contributed by atoms with E-state index >= 15 is 0 Å². The van der Waals surface area contributed by atoms with Crippen LogP contribution in [0.5, 0.6) is 0 Å². The van der Waals surface area contributed by atoms with Gasteiger partial charge in [-0.3, -0.25) is 9.59 Å². The molecule has 2 heterocycles. The van der Waals surface area contributed by atoms with Crippen LogP contribution in [-0.2, 0) is 22.7 Å². The number of carbonyl (C=O) groups is 2. The van der Waals surface area contributed by atoms with Crippen molar-refractivity contribution in [2.24, 2.45) is 0 Å². The molecule has 0 aliphatic carbocycles. The molecule has 0 atom stereocenters. The van der Waals surface area contributed by atoms with E-state index < -0.39 is 24.9 Å². The van der Waals surface area contributed by atoms with Gasteiger partial charge >= 0.3 is 6.18 Å². The van der Waals surface area contributed by atoms with E-state index in [9.17, 15) is 22.8 Å². The molecular weight excluding hydrogens is 327 g/mol. The molecule has 0 radical (unpaired) electrons. The zero-order chi connectivity index (χ0) is 17.7. The zero-order valence-corrected chi connectivity index (χ0v) is 12.9. The van der Waals surface area contributed by atoms with Crippen molar-refractivity contribution in [3.63, 3.8) is 0 Å². The highest BCUT2D eigenvalue weighted by molar-refractivity contribution is 5.75. The van der Waals surface area contributed by atoms with Crippen molar-refractivity contribution in [3.8, 4) is 0 Å². The standard InChI is InChI=1S/C14H16F3N5O2/c1-9(23)18-7-11-8-22-12(21-11)4-10(6-20-22)5-19-13(24)2-3-14(15,16)17/h4,6,8H,2-3,5,7H2,1H3,(H,18,23)(H,19,24). The highest BCUT2D eigenvalue weighted by Gasteiger charge is 2.27. The van der Waals surface area contributed by atoms with Crippen molar-refractivity contribution in [3.05, 3.63) is 29.7 Å². The minimum atomic E-state index is -4.35. The average Bonchev–Trinajstić information content (AvgIpc) is 2.90. The first-order valence-electron chi connectivity index (χ1n) is 7.14. The van der Waals surface area contributed by atoms with Crippen molar-refractivity contribution in [2.75, 3.05) is 0 Å². The molecule has 2 aromatic heterocycles. The average molecular weight is 343 g/mol. The highest BCUT2D eigenvalue weighted by Crippen LogP contribution is 2.21. The van der Waals surface area contributed by atoms with Crippen LogP contribution in [0.4, 0.5) is 13.2 Å². The second kappa shape index (κ2) is 7.28. The lowest BCUT2D eigenvalue weighted by Gasteiger charge is -2.07. The van der Waals surface area contributed by atoms with Crippen molar-refractivity contribution in [1.29, 1.82) is 0 Å². The lowest BCUT2D eigenvalue weighted by molar-refractivity contribution is -0.144. The van der Waals surface area contributed by atoms with Crippen LogP contribution in [0.15, 0.2) is 18.5 Å². The SMILES string of the molecule is CC(=O)NCc1cn2ncc(CNC(=O)CCC(F)(F)F)cc2n1. The second-order valence-corrected chi connectivity index (χ2v) is 5.20. The summed E-state index contributed by atoms with van der Waals surface area (Å²) in [4.78, 5) is 26.5. The monoisotopic (exact) mass is 343 g/mol. The van der Waals surface area contributed by atoms with Crippen LogP contribution in [0.25, 0.3) is 5.65 Å². The van der Waals surface area contributed by atoms with Gasteiger partial charge in [-0.25, -0.2) is 9.50 Å². The van der Waals surface area contributed by atoms with Crippen molar-refractivity contribution >= 4 is 17.5 Å². The number of alkyl halides is 3. The van der Waals surface area contributed by atoms with Gasteiger partial charge in [-0.1, -0.05) is 0 Å². The number of imidazole rings is 1. The molecule has 0 saturated carbocycles. The Morgan fingerprint density at radius 1 is 1.25 bits per heavy atom. The summed E-state index contributed by atoms with van der Waals surface area (Å²) >= 11 is 0. The first-order chi connectivity index (χ1) is 11.2. The number of fused-ring (bicyclic) bond motifs is 1. The Bertz CT molecular complexity index is 742. The molecular formula is C14H16F3N5O2. The Hall–Kier alpha value is -2.65. The summed E-state index contributed by atoms with van der Waals surface area (Å²) in [7, 11) is 0. The van der Waals surface area contributed by atoms with E-state index in [0.717, 1.165) is 0 Å². The van der Waals surface area contributed by atoms with Gasteiger partial charge in [0.05, 0.1) is 31.1 Å².